The highest BCUT2D eigenvalue weighted by Crippen LogP contribution is 2.04. The van der Waals surface area contributed by atoms with Crippen molar-refractivity contribution in [1.82, 2.24) is 23.6 Å². The molecule has 1 amide bonds. The SMILES string of the molecule is CCn1cncc1CNC(=O)c1nsnc1C. The first-order chi connectivity index (χ1) is 8.22. The summed E-state index contributed by atoms with van der Waals surface area (Å²) in [4.78, 5) is 15.8. The van der Waals surface area contributed by atoms with Crippen molar-refractivity contribution in [1.29, 1.82) is 0 Å². The van der Waals surface area contributed by atoms with Crippen molar-refractivity contribution < 1.29 is 4.79 Å². The Kier molecular flexibility index (Phi) is 3.48. The van der Waals surface area contributed by atoms with Gasteiger partial charge in [0, 0.05) is 12.7 Å². The van der Waals surface area contributed by atoms with Crippen molar-refractivity contribution in [3.8, 4) is 0 Å². The van der Waals surface area contributed by atoms with E-state index in [4.69, 9.17) is 0 Å². The van der Waals surface area contributed by atoms with Crippen LogP contribution in [0.25, 0.3) is 0 Å². The summed E-state index contributed by atoms with van der Waals surface area (Å²) in [5.74, 6) is -0.194. The van der Waals surface area contributed by atoms with E-state index in [0.717, 1.165) is 24.0 Å². The molecule has 0 aliphatic carbocycles. The third kappa shape index (κ3) is 2.50. The lowest BCUT2D eigenvalue weighted by Crippen LogP contribution is -2.25. The molecule has 7 heteroatoms. The molecule has 2 aromatic heterocycles. The molecule has 0 spiro atoms. The summed E-state index contributed by atoms with van der Waals surface area (Å²) in [6, 6.07) is 0. The number of carbonyl (C=O) groups is 1. The Morgan fingerprint density at radius 3 is 3.00 bits per heavy atom. The molecular weight excluding hydrogens is 238 g/mol. The van der Waals surface area contributed by atoms with Crippen LogP contribution in [0.4, 0.5) is 0 Å². The average Bonchev–Trinajstić information content (AvgIpc) is 2.94. The minimum Gasteiger partial charge on any atom is -0.345 e. The quantitative estimate of drug-likeness (QED) is 0.879. The molecule has 0 saturated carbocycles. The molecule has 17 heavy (non-hydrogen) atoms. The number of imidazole rings is 1. The number of carbonyl (C=O) groups excluding carboxylic acids is 1. The average molecular weight is 251 g/mol. The number of aryl methyl sites for hydroxylation is 2. The number of aromatic nitrogens is 4. The first-order valence-corrected chi connectivity index (χ1v) is 6.01. The van der Waals surface area contributed by atoms with E-state index in [9.17, 15) is 4.79 Å². The van der Waals surface area contributed by atoms with Gasteiger partial charge in [-0.2, -0.15) is 8.75 Å². The van der Waals surface area contributed by atoms with E-state index < -0.39 is 0 Å². The molecule has 90 valence electrons. The van der Waals surface area contributed by atoms with Crippen molar-refractivity contribution in [2.45, 2.75) is 26.9 Å². The van der Waals surface area contributed by atoms with Crippen molar-refractivity contribution in [3.05, 3.63) is 29.6 Å². The highest BCUT2D eigenvalue weighted by atomic mass is 32.1. The molecule has 0 radical (unpaired) electrons. The maximum Gasteiger partial charge on any atom is 0.273 e. The van der Waals surface area contributed by atoms with Crippen LogP contribution in [0, 0.1) is 6.92 Å². The number of nitrogens with one attached hydrogen (secondary N) is 1. The van der Waals surface area contributed by atoms with Gasteiger partial charge in [0.2, 0.25) is 0 Å². The predicted octanol–water partition coefficient (Wildman–Crippen LogP) is 0.993. The van der Waals surface area contributed by atoms with Gasteiger partial charge < -0.3 is 9.88 Å². The van der Waals surface area contributed by atoms with E-state index >= 15 is 0 Å². The molecule has 0 aromatic carbocycles. The summed E-state index contributed by atoms with van der Waals surface area (Å²) >= 11 is 1.05. The highest BCUT2D eigenvalue weighted by Gasteiger charge is 2.13. The second-order valence-electron chi connectivity index (χ2n) is 3.55. The van der Waals surface area contributed by atoms with E-state index in [-0.39, 0.29) is 5.91 Å². The third-order valence-corrected chi connectivity index (χ3v) is 3.06. The second kappa shape index (κ2) is 5.05. The zero-order valence-electron chi connectivity index (χ0n) is 9.67. The van der Waals surface area contributed by atoms with Gasteiger partial charge in [-0.1, -0.05) is 0 Å². The number of rotatable bonds is 4. The monoisotopic (exact) mass is 251 g/mol. The first-order valence-electron chi connectivity index (χ1n) is 5.28. The molecule has 0 aliphatic rings. The Morgan fingerprint density at radius 2 is 2.35 bits per heavy atom. The summed E-state index contributed by atoms with van der Waals surface area (Å²) in [6.45, 7) is 5.09. The largest absolute Gasteiger partial charge is 0.345 e. The molecule has 0 aliphatic heterocycles. The lowest BCUT2D eigenvalue weighted by molar-refractivity contribution is 0.0945. The minimum absolute atomic E-state index is 0.194. The molecule has 6 nitrogen and oxygen atoms in total. The lowest BCUT2D eigenvalue weighted by atomic mass is 10.3. The van der Waals surface area contributed by atoms with Gasteiger partial charge in [0.15, 0.2) is 5.69 Å². The zero-order chi connectivity index (χ0) is 12.3. The van der Waals surface area contributed by atoms with E-state index in [1.54, 1.807) is 19.4 Å². The lowest BCUT2D eigenvalue weighted by Gasteiger charge is -2.06. The molecule has 0 bridgehead atoms. The molecule has 0 atom stereocenters. The van der Waals surface area contributed by atoms with E-state index in [1.165, 1.54) is 0 Å². The Hall–Kier alpha value is -1.76. The van der Waals surface area contributed by atoms with Crippen LogP contribution < -0.4 is 5.32 Å². The molecule has 2 aromatic rings. The summed E-state index contributed by atoms with van der Waals surface area (Å²) in [5.41, 5.74) is 2.04. The molecule has 1 N–H and O–H groups in total. The van der Waals surface area contributed by atoms with E-state index in [1.807, 2.05) is 11.5 Å². The van der Waals surface area contributed by atoms with Crippen molar-refractivity contribution in [2.75, 3.05) is 0 Å². The minimum atomic E-state index is -0.194. The van der Waals surface area contributed by atoms with Gasteiger partial charge >= 0.3 is 0 Å². The third-order valence-electron chi connectivity index (χ3n) is 2.44. The highest BCUT2D eigenvalue weighted by molar-refractivity contribution is 6.99. The molecule has 0 saturated heterocycles. The van der Waals surface area contributed by atoms with Crippen LogP contribution in [0.2, 0.25) is 0 Å². The zero-order valence-corrected chi connectivity index (χ0v) is 10.5. The van der Waals surface area contributed by atoms with Gasteiger partial charge in [-0.3, -0.25) is 4.79 Å². The van der Waals surface area contributed by atoms with Crippen LogP contribution in [-0.4, -0.2) is 24.2 Å². The summed E-state index contributed by atoms with van der Waals surface area (Å²) < 4.78 is 9.90. The number of hydrogen-bond acceptors (Lipinski definition) is 5. The molecule has 2 heterocycles. The number of nitrogens with zero attached hydrogens (tertiary/aromatic N) is 4. The fourth-order valence-electron chi connectivity index (χ4n) is 1.47. The van der Waals surface area contributed by atoms with Gasteiger partial charge in [-0.25, -0.2) is 4.98 Å². The van der Waals surface area contributed by atoms with Gasteiger partial charge in [-0.15, -0.1) is 0 Å². The van der Waals surface area contributed by atoms with Crippen LogP contribution in [0.15, 0.2) is 12.5 Å². The van der Waals surface area contributed by atoms with Crippen LogP contribution in [-0.2, 0) is 13.1 Å². The topological polar surface area (TPSA) is 72.7 Å². The first kappa shape index (κ1) is 11.7. The maximum atomic E-state index is 11.8. The summed E-state index contributed by atoms with van der Waals surface area (Å²) in [6.07, 6.45) is 3.49. The van der Waals surface area contributed by atoms with Gasteiger partial charge in [0.1, 0.15) is 0 Å². The van der Waals surface area contributed by atoms with Gasteiger partial charge in [0.05, 0.1) is 36.0 Å². The number of hydrogen-bond donors (Lipinski definition) is 1. The van der Waals surface area contributed by atoms with Gasteiger partial charge in [0.25, 0.3) is 5.91 Å². The molecular formula is C10H13N5OS. The van der Waals surface area contributed by atoms with Crippen molar-refractivity contribution in [3.63, 3.8) is 0 Å². The van der Waals surface area contributed by atoms with Crippen LogP contribution in [0.1, 0.15) is 28.8 Å². The normalized spacial score (nSPS) is 10.5. The summed E-state index contributed by atoms with van der Waals surface area (Å²) in [5, 5.41) is 2.81. The number of amides is 1. The van der Waals surface area contributed by atoms with Crippen LogP contribution in [0.3, 0.4) is 0 Å². The van der Waals surface area contributed by atoms with Crippen molar-refractivity contribution in [2.24, 2.45) is 0 Å². The van der Waals surface area contributed by atoms with Crippen LogP contribution >= 0.6 is 11.7 Å². The van der Waals surface area contributed by atoms with Crippen LogP contribution in [0.5, 0.6) is 0 Å². The van der Waals surface area contributed by atoms with Gasteiger partial charge in [-0.05, 0) is 13.8 Å². The Balaban J connectivity index is 1.99. The molecule has 0 unspecified atom stereocenters. The maximum absolute atomic E-state index is 11.8. The smallest absolute Gasteiger partial charge is 0.273 e. The summed E-state index contributed by atoms with van der Waals surface area (Å²) in [7, 11) is 0. The molecule has 2 rings (SSSR count). The Morgan fingerprint density at radius 1 is 1.53 bits per heavy atom. The fourth-order valence-corrected chi connectivity index (χ4v) is 2.02. The van der Waals surface area contributed by atoms with E-state index in [0.29, 0.717) is 17.9 Å². The van der Waals surface area contributed by atoms with E-state index in [2.05, 4.69) is 19.0 Å². The Labute approximate surface area is 103 Å². The second-order valence-corrected chi connectivity index (χ2v) is 4.08. The fraction of sp³-hybridized carbons (Fsp3) is 0.400. The molecule has 0 fully saturated rings. The predicted molar refractivity (Wildman–Crippen MR) is 63.7 cm³/mol. The standard InChI is InChI=1S/C10H13N5OS/c1-3-15-6-11-4-8(15)5-12-10(16)9-7(2)13-17-14-9/h4,6H,3,5H2,1-2H3,(H,12,16). The Bertz CT molecular complexity index is 518. The van der Waals surface area contributed by atoms with Crippen molar-refractivity contribution >= 4 is 17.6 Å².